The largest absolute Gasteiger partial charge is 0.383 e. The molecule has 0 aromatic carbocycles. The highest BCUT2D eigenvalue weighted by molar-refractivity contribution is 4.70. The number of likely N-dealkylation sites (N-methyl/N-ethyl adjacent to an activating group) is 1. The van der Waals surface area contributed by atoms with Crippen LogP contribution in [-0.2, 0) is 14.2 Å². The Morgan fingerprint density at radius 1 is 1.00 bits per heavy atom. The van der Waals surface area contributed by atoms with Crippen LogP contribution in [0.25, 0.3) is 0 Å². The maximum atomic E-state index is 5.15. The van der Waals surface area contributed by atoms with E-state index in [1.54, 1.807) is 21.3 Å². The molecule has 5 heteroatoms. The van der Waals surface area contributed by atoms with Crippen LogP contribution in [0.3, 0.4) is 0 Å². The summed E-state index contributed by atoms with van der Waals surface area (Å²) in [6.07, 6.45) is 0. The van der Waals surface area contributed by atoms with Gasteiger partial charge in [-0.3, -0.25) is 4.90 Å². The Hall–Kier alpha value is -0.200. The molecule has 1 N–H and O–H groups in total. The summed E-state index contributed by atoms with van der Waals surface area (Å²) < 4.78 is 15.3. The Balaban J connectivity index is 3.94. The first-order valence-corrected chi connectivity index (χ1v) is 5.64. The summed E-state index contributed by atoms with van der Waals surface area (Å²) in [6, 6.07) is 0.346. The van der Waals surface area contributed by atoms with Crippen molar-refractivity contribution in [1.29, 1.82) is 0 Å². The van der Waals surface area contributed by atoms with Crippen molar-refractivity contribution < 1.29 is 14.2 Å². The lowest BCUT2D eigenvalue weighted by molar-refractivity contribution is 0.0925. The van der Waals surface area contributed by atoms with Crippen molar-refractivity contribution in [2.75, 3.05) is 67.8 Å². The van der Waals surface area contributed by atoms with Crippen molar-refractivity contribution in [2.24, 2.45) is 0 Å². The predicted octanol–water partition coefficient (Wildman–Crippen LogP) is -0.184. The molecule has 0 aliphatic rings. The molecule has 0 saturated heterocycles. The van der Waals surface area contributed by atoms with Crippen molar-refractivity contribution in [3.8, 4) is 0 Å². The molecular weight excluding hydrogens is 208 g/mol. The first-order chi connectivity index (χ1) is 7.78. The van der Waals surface area contributed by atoms with Crippen LogP contribution < -0.4 is 5.32 Å². The first-order valence-electron chi connectivity index (χ1n) is 5.64. The highest BCUT2D eigenvalue weighted by Gasteiger charge is 2.12. The number of hydrogen-bond donors (Lipinski definition) is 1. The molecule has 0 rings (SSSR count). The van der Waals surface area contributed by atoms with Crippen LogP contribution in [0.1, 0.15) is 0 Å². The van der Waals surface area contributed by atoms with Gasteiger partial charge in [-0.15, -0.1) is 0 Å². The van der Waals surface area contributed by atoms with Gasteiger partial charge in [0.05, 0.1) is 19.8 Å². The van der Waals surface area contributed by atoms with Gasteiger partial charge in [-0.25, -0.2) is 0 Å². The van der Waals surface area contributed by atoms with Gasteiger partial charge in [-0.05, 0) is 7.05 Å². The van der Waals surface area contributed by atoms with Gasteiger partial charge in [0.1, 0.15) is 0 Å². The maximum absolute atomic E-state index is 5.15. The zero-order valence-electron chi connectivity index (χ0n) is 11.0. The fraction of sp³-hybridized carbons (Fsp3) is 1.00. The number of nitrogens with zero attached hydrogens (tertiary/aromatic N) is 1. The first kappa shape index (κ1) is 15.8. The van der Waals surface area contributed by atoms with Gasteiger partial charge in [-0.2, -0.15) is 0 Å². The highest BCUT2D eigenvalue weighted by atomic mass is 16.5. The Morgan fingerprint density at radius 2 is 1.56 bits per heavy atom. The van der Waals surface area contributed by atoms with E-state index in [1.807, 2.05) is 7.05 Å². The van der Waals surface area contributed by atoms with Crippen LogP contribution in [0.4, 0.5) is 0 Å². The Morgan fingerprint density at radius 3 is 1.94 bits per heavy atom. The topological polar surface area (TPSA) is 43.0 Å². The molecule has 98 valence electrons. The molecular formula is C11H26N2O3. The monoisotopic (exact) mass is 234 g/mol. The summed E-state index contributed by atoms with van der Waals surface area (Å²) in [4.78, 5) is 2.31. The van der Waals surface area contributed by atoms with Gasteiger partial charge in [0, 0.05) is 47.0 Å². The zero-order valence-corrected chi connectivity index (χ0v) is 11.0. The van der Waals surface area contributed by atoms with Crippen LogP contribution in [0.2, 0.25) is 0 Å². The summed E-state index contributed by atoms with van der Waals surface area (Å²) in [7, 11) is 7.12. The number of ether oxygens (including phenoxy) is 3. The molecule has 5 nitrogen and oxygen atoms in total. The third-order valence-electron chi connectivity index (χ3n) is 2.48. The molecule has 0 bridgehead atoms. The van der Waals surface area contributed by atoms with Gasteiger partial charge in [0.25, 0.3) is 0 Å². The SMILES string of the molecule is CNC(COC)CN(CCOC)CCOC. The van der Waals surface area contributed by atoms with Crippen LogP contribution in [0.5, 0.6) is 0 Å². The number of methoxy groups -OCH3 is 3. The lowest BCUT2D eigenvalue weighted by atomic mass is 10.3. The lowest BCUT2D eigenvalue weighted by Gasteiger charge is -2.26. The molecule has 0 spiro atoms. The van der Waals surface area contributed by atoms with Crippen LogP contribution in [-0.4, -0.2) is 78.8 Å². The van der Waals surface area contributed by atoms with E-state index >= 15 is 0 Å². The molecule has 0 saturated carbocycles. The van der Waals surface area contributed by atoms with Crippen molar-refractivity contribution in [1.82, 2.24) is 10.2 Å². The van der Waals surface area contributed by atoms with Crippen molar-refractivity contribution >= 4 is 0 Å². The molecule has 0 radical (unpaired) electrons. The fourth-order valence-corrected chi connectivity index (χ4v) is 1.48. The zero-order chi connectivity index (χ0) is 12.2. The standard InChI is InChI=1S/C11H26N2O3/c1-12-11(10-16-4)9-13(5-7-14-2)6-8-15-3/h11-12H,5-10H2,1-4H3. The van der Waals surface area contributed by atoms with E-state index in [4.69, 9.17) is 14.2 Å². The smallest absolute Gasteiger partial charge is 0.0628 e. The van der Waals surface area contributed by atoms with E-state index in [0.29, 0.717) is 12.6 Å². The molecule has 0 heterocycles. The second-order valence-electron chi connectivity index (χ2n) is 3.73. The Kier molecular flexibility index (Phi) is 11.1. The highest BCUT2D eigenvalue weighted by Crippen LogP contribution is 1.94. The van der Waals surface area contributed by atoms with E-state index < -0.39 is 0 Å². The summed E-state index contributed by atoms with van der Waals surface area (Å²) in [5.41, 5.74) is 0. The minimum Gasteiger partial charge on any atom is -0.383 e. The molecule has 1 atom stereocenters. The van der Waals surface area contributed by atoms with E-state index in [9.17, 15) is 0 Å². The number of hydrogen-bond acceptors (Lipinski definition) is 5. The minimum atomic E-state index is 0.346. The molecule has 0 aliphatic heterocycles. The predicted molar refractivity (Wildman–Crippen MR) is 64.9 cm³/mol. The van der Waals surface area contributed by atoms with Crippen LogP contribution in [0.15, 0.2) is 0 Å². The summed E-state index contributed by atoms with van der Waals surface area (Å²) >= 11 is 0. The molecule has 0 aliphatic carbocycles. The molecule has 0 aromatic heterocycles. The van der Waals surface area contributed by atoms with E-state index in [2.05, 4.69) is 10.2 Å². The van der Waals surface area contributed by atoms with Crippen molar-refractivity contribution in [3.63, 3.8) is 0 Å². The third-order valence-corrected chi connectivity index (χ3v) is 2.48. The molecule has 16 heavy (non-hydrogen) atoms. The van der Waals surface area contributed by atoms with Crippen molar-refractivity contribution in [3.05, 3.63) is 0 Å². The van der Waals surface area contributed by atoms with Crippen LogP contribution in [0, 0.1) is 0 Å². The average molecular weight is 234 g/mol. The van der Waals surface area contributed by atoms with Gasteiger partial charge >= 0.3 is 0 Å². The summed E-state index contributed by atoms with van der Waals surface area (Å²) in [5, 5.41) is 3.24. The second-order valence-corrected chi connectivity index (χ2v) is 3.73. The average Bonchev–Trinajstić information content (AvgIpc) is 2.31. The quantitative estimate of drug-likeness (QED) is 0.537. The number of rotatable bonds is 11. The second kappa shape index (κ2) is 11.3. The van der Waals surface area contributed by atoms with Gasteiger partial charge < -0.3 is 19.5 Å². The van der Waals surface area contributed by atoms with Gasteiger partial charge in [0.15, 0.2) is 0 Å². The molecule has 0 fully saturated rings. The van der Waals surface area contributed by atoms with Crippen LogP contribution >= 0.6 is 0 Å². The fourth-order valence-electron chi connectivity index (χ4n) is 1.48. The van der Waals surface area contributed by atoms with E-state index in [0.717, 1.165) is 32.8 Å². The Bertz CT molecular complexity index is 139. The third kappa shape index (κ3) is 8.01. The molecule has 0 aromatic rings. The van der Waals surface area contributed by atoms with Crippen molar-refractivity contribution in [2.45, 2.75) is 6.04 Å². The summed E-state index contributed by atoms with van der Waals surface area (Å²) in [5.74, 6) is 0. The number of nitrogens with one attached hydrogen (secondary N) is 1. The van der Waals surface area contributed by atoms with Gasteiger partial charge in [0.2, 0.25) is 0 Å². The molecule has 0 amide bonds. The lowest BCUT2D eigenvalue weighted by Crippen LogP contribution is -2.44. The molecule has 1 unspecified atom stereocenters. The summed E-state index contributed by atoms with van der Waals surface area (Å²) in [6.45, 7) is 4.98. The Labute approximate surface area is 99.0 Å². The normalized spacial score (nSPS) is 13.3. The van der Waals surface area contributed by atoms with E-state index in [-0.39, 0.29) is 0 Å². The maximum Gasteiger partial charge on any atom is 0.0628 e. The van der Waals surface area contributed by atoms with E-state index in [1.165, 1.54) is 0 Å². The minimum absolute atomic E-state index is 0.346. The van der Waals surface area contributed by atoms with Gasteiger partial charge in [-0.1, -0.05) is 0 Å².